The Balaban J connectivity index is -0.000000443. The van der Waals surface area contributed by atoms with Crippen molar-refractivity contribution >= 4 is 30.4 Å². The first kappa shape index (κ1) is 39.8. The van der Waals surface area contributed by atoms with Gasteiger partial charge in [-0.15, -0.1) is 0 Å². The zero-order valence-corrected chi connectivity index (χ0v) is 22.7. The first-order chi connectivity index (χ1) is 15.0. The van der Waals surface area contributed by atoms with Crippen LogP contribution in [0.4, 0.5) is 0 Å². The minimum Gasteiger partial charge on any atom is -0.776 e. The molecule has 0 aliphatic heterocycles. The number of hydrogen-bond acceptors (Lipinski definition) is 10. The van der Waals surface area contributed by atoms with Gasteiger partial charge in [0.1, 0.15) is 0 Å². The van der Waals surface area contributed by atoms with Crippen molar-refractivity contribution in [3.05, 3.63) is 48.8 Å². The predicted octanol–water partition coefficient (Wildman–Crippen LogP) is -1.93. The van der Waals surface area contributed by atoms with E-state index in [1.165, 1.54) is 0 Å². The summed E-state index contributed by atoms with van der Waals surface area (Å²) >= 11 is 0. The minimum atomic E-state index is -5.45. The molecule has 0 aliphatic rings. The maximum absolute atomic E-state index is 10.2. The van der Waals surface area contributed by atoms with Gasteiger partial charge in [0.15, 0.2) is 15.2 Å². The number of aliphatic hydroxyl groups is 2. The van der Waals surface area contributed by atoms with Gasteiger partial charge in [-0.3, -0.25) is 19.1 Å². The third-order valence-electron chi connectivity index (χ3n) is 3.77. The Hall–Kier alpha value is -0.726. The molecule has 4 atom stereocenters. The Morgan fingerprint density at radius 2 is 0.917 bits per heavy atom. The first-order valence-electron chi connectivity index (χ1n) is 8.43. The minimum absolute atomic E-state index is 0. The molecule has 22 heteroatoms. The quantitative estimate of drug-likeness (QED) is 0.130. The molecule has 10 N–H and O–H groups in total. The van der Waals surface area contributed by atoms with Gasteiger partial charge < -0.3 is 64.0 Å². The molecule has 0 saturated heterocycles. The molecule has 17 nitrogen and oxygen atoms in total. The van der Waals surface area contributed by atoms with Crippen LogP contribution in [0.15, 0.2) is 48.8 Å². The number of aromatic nitrogens is 2. The monoisotopic (exact) mass is 642 g/mol. The van der Waals surface area contributed by atoms with Crippen molar-refractivity contribution in [3.8, 4) is 11.4 Å². The first-order valence-corrected chi connectivity index (χ1v) is 14.8. The molecular formula is C14H24N2NiO15P4. The fraction of sp³-hybridized carbons (Fsp3) is 0.286. The van der Waals surface area contributed by atoms with Crippen LogP contribution in [-0.2, 0) is 34.8 Å². The van der Waals surface area contributed by atoms with E-state index in [2.05, 4.69) is 9.97 Å². The average Bonchev–Trinajstić information content (AvgIpc) is 2.67. The third-order valence-corrected chi connectivity index (χ3v) is 11.2. The fourth-order valence-electron chi connectivity index (χ4n) is 1.36. The van der Waals surface area contributed by atoms with Crippen molar-refractivity contribution in [3.63, 3.8) is 0 Å². The summed E-state index contributed by atoms with van der Waals surface area (Å²) in [5, 5.41) is 10.4. The predicted molar refractivity (Wildman–Crippen MR) is 116 cm³/mol. The van der Waals surface area contributed by atoms with Gasteiger partial charge in [-0.05, 0) is 38.1 Å². The Bertz CT molecular complexity index is 974. The van der Waals surface area contributed by atoms with E-state index < -0.39 is 40.5 Å². The molecule has 0 saturated carbocycles. The molecule has 0 bridgehead atoms. The average molecular weight is 643 g/mol. The molecule has 210 valence electrons. The summed E-state index contributed by atoms with van der Waals surface area (Å²) in [7, 11) is -21.4. The van der Waals surface area contributed by atoms with Crippen molar-refractivity contribution in [2.45, 2.75) is 24.0 Å². The second-order valence-corrected chi connectivity index (χ2v) is 14.9. The van der Waals surface area contributed by atoms with Crippen LogP contribution in [0, 0.1) is 0 Å². The summed E-state index contributed by atoms with van der Waals surface area (Å²) < 4.78 is 40.7. The number of nitrogens with zero attached hydrogens (tertiary/aromatic N) is 2. The molecule has 36 heavy (non-hydrogen) atoms. The van der Waals surface area contributed by atoms with Crippen molar-refractivity contribution in [1.82, 2.24) is 9.97 Å². The molecule has 0 aliphatic carbocycles. The molecule has 0 fully saturated rings. The van der Waals surface area contributed by atoms with Crippen LogP contribution in [0.25, 0.3) is 11.4 Å². The van der Waals surface area contributed by atoms with E-state index in [9.17, 15) is 28.0 Å². The summed E-state index contributed by atoms with van der Waals surface area (Å²) in [5.41, 5.74) is 1.83. The van der Waals surface area contributed by atoms with Gasteiger partial charge in [0.2, 0.25) is 10.2 Å². The Morgan fingerprint density at radius 3 is 1.03 bits per heavy atom. The molecule has 0 aromatic carbocycles. The van der Waals surface area contributed by atoms with E-state index in [1.807, 2.05) is 36.4 Å². The van der Waals surface area contributed by atoms with Crippen molar-refractivity contribution in [2.75, 3.05) is 0 Å². The van der Waals surface area contributed by atoms with Crippen LogP contribution in [0.3, 0.4) is 0 Å². The smallest absolute Gasteiger partial charge is 0.776 e. The van der Waals surface area contributed by atoms with Crippen LogP contribution in [0.5, 0.6) is 0 Å². The Morgan fingerprint density at radius 1 is 0.667 bits per heavy atom. The largest absolute Gasteiger partial charge is 2.00 e. The molecule has 2 aromatic rings. The van der Waals surface area contributed by atoms with E-state index in [0.717, 1.165) is 11.4 Å². The van der Waals surface area contributed by atoms with Crippen LogP contribution in [0.1, 0.15) is 13.8 Å². The van der Waals surface area contributed by atoms with E-state index >= 15 is 0 Å². The van der Waals surface area contributed by atoms with Crippen LogP contribution in [0.2, 0.25) is 0 Å². The molecular weight excluding hydrogens is 619 g/mol. The topological polar surface area (TPSA) is 334 Å². The van der Waals surface area contributed by atoms with Gasteiger partial charge in [0, 0.05) is 12.4 Å². The van der Waals surface area contributed by atoms with Crippen molar-refractivity contribution < 1.29 is 89.6 Å². The summed E-state index contributed by atoms with van der Waals surface area (Å²) in [6, 6.07) is 11.6. The fourth-order valence-corrected chi connectivity index (χ4v) is 3.99. The van der Waals surface area contributed by atoms with Crippen LogP contribution < -0.4 is 9.79 Å². The molecule has 2 aromatic heterocycles. The molecule has 0 spiro atoms. The van der Waals surface area contributed by atoms with Gasteiger partial charge in [0.05, 0.1) is 11.4 Å². The van der Waals surface area contributed by atoms with Gasteiger partial charge in [-0.1, -0.05) is 12.1 Å². The molecule has 2 unspecified atom stereocenters. The molecule has 2 heterocycles. The third kappa shape index (κ3) is 11.3. The van der Waals surface area contributed by atoms with Crippen molar-refractivity contribution in [1.29, 1.82) is 0 Å². The zero-order valence-electron chi connectivity index (χ0n) is 18.1. The van der Waals surface area contributed by atoms with Gasteiger partial charge in [-0.25, -0.2) is 0 Å². The SMILES string of the molecule is C[C@](O)(P(=O)([O-])O)P(=O)(O)O.C[C@](O)(P(=O)([O-])O)P(=O)(O)O.O.[Ni+2].c1ccc(-c2ccccn2)nc1. The number of pyridine rings is 2. The normalized spacial score (nSPS) is 17.8. The van der Waals surface area contributed by atoms with Gasteiger partial charge >= 0.3 is 31.7 Å². The standard InChI is InChI=1S/C10H8N2.2C2H8O7P2.Ni.H2O/c1-3-7-11-9(5-1)10-6-2-4-8-12-10;2*1-2(3,10(4,5)6)11(7,8)9;;/h1-8H;2*3H,1H3,(H2,4,5,6)(H2,7,8,9);;1H2/q;;;+2;/p-2. The second kappa shape index (κ2) is 14.4. The van der Waals surface area contributed by atoms with E-state index in [-0.39, 0.29) is 22.0 Å². The number of rotatable bonds is 5. The van der Waals surface area contributed by atoms with E-state index in [0.29, 0.717) is 13.8 Å². The maximum Gasteiger partial charge on any atom is 2.00 e. The second-order valence-electron chi connectivity index (χ2n) is 6.50. The maximum atomic E-state index is 10.2. The molecule has 0 amide bonds. The Labute approximate surface area is 214 Å². The van der Waals surface area contributed by atoms with Gasteiger partial charge in [-0.2, -0.15) is 0 Å². The summed E-state index contributed by atoms with van der Waals surface area (Å²) in [6.45, 7) is 0.642. The van der Waals surface area contributed by atoms with Crippen LogP contribution >= 0.6 is 30.4 Å². The molecule has 2 rings (SSSR count). The summed E-state index contributed by atoms with van der Waals surface area (Å²) in [5.74, 6) is 0. The summed E-state index contributed by atoms with van der Waals surface area (Å²) in [6.07, 6.45) is 3.54. The van der Waals surface area contributed by atoms with E-state index in [1.54, 1.807) is 12.4 Å². The zero-order chi connectivity index (χ0) is 27.2. The number of hydrogen-bond donors (Lipinski definition) is 8. The van der Waals surface area contributed by atoms with Crippen molar-refractivity contribution in [2.24, 2.45) is 0 Å². The molecule has 0 radical (unpaired) electrons. The summed E-state index contributed by atoms with van der Waals surface area (Å²) in [4.78, 5) is 77.8. The van der Waals surface area contributed by atoms with Gasteiger partial charge in [0.25, 0.3) is 0 Å². The van der Waals surface area contributed by atoms with Crippen LogP contribution in [-0.4, -0.2) is 65.2 Å². The van der Waals surface area contributed by atoms with E-state index in [4.69, 9.17) is 39.6 Å². The Kier molecular flexibility index (Phi) is 15.9.